The lowest BCUT2D eigenvalue weighted by Gasteiger charge is -2.13. The quantitative estimate of drug-likeness (QED) is 0.602. The fourth-order valence-corrected chi connectivity index (χ4v) is 2.92. The minimum Gasteiger partial charge on any atom is -0.496 e. The molecular formula is C19H16BrN3O2S. The Kier molecular flexibility index (Phi) is 5.49. The third kappa shape index (κ3) is 4.00. The van der Waals surface area contributed by atoms with Crippen LogP contribution < -0.4 is 15.4 Å². The van der Waals surface area contributed by atoms with Crippen molar-refractivity contribution in [1.29, 1.82) is 0 Å². The molecule has 1 heterocycles. The van der Waals surface area contributed by atoms with E-state index in [1.807, 2.05) is 43.3 Å². The van der Waals surface area contributed by atoms with Crippen LogP contribution in [-0.2, 0) is 0 Å². The highest BCUT2D eigenvalue weighted by molar-refractivity contribution is 9.10. The number of anilines is 1. The first kappa shape index (κ1) is 18.3. The average Bonchev–Trinajstić information content (AvgIpc) is 2.63. The van der Waals surface area contributed by atoms with Crippen LogP contribution in [0.4, 0.5) is 5.82 Å². The van der Waals surface area contributed by atoms with Crippen LogP contribution in [0.1, 0.15) is 16.1 Å². The minimum absolute atomic E-state index is 0.166. The number of hydrogen-bond acceptors (Lipinski definition) is 4. The number of halogens is 1. The topological polar surface area (TPSA) is 63.2 Å². The summed E-state index contributed by atoms with van der Waals surface area (Å²) >= 11 is 8.62. The summed E-state index contributed by atoms with van der Waals surface area (Å²) in [4.78, 5) is 17.0. The lowest BCUT2D eigenvalue weighted by molar-refractivity contribution is 0.0975. The number of nitrogens with one attached hydrogen (secondary N) is 2. The predicted octanol–water partition coefficient (Wildman–Crippen LogP) is 4.44. The fraction of sp³-hybridized carbons (Fsp3) is 0.105. The van der Waals surface area contributed by atoms with Gasteiger partial charge in [0.1, 0.15) is 11.6 Å². The van der Waals surface area contributed by atoms with E-state index in [1.54, 1.807) is 12.1 Å². The molecule has 0 spiro atoms. The number of carbonyl (C=O) groups excluding carboxylic acids is 1. The Morgan fingerprint density at radius 2 is 1.85 bits per heavy atom. The number of rotatable bonds is 3. The zero-order chi connectivity index (χ0) is 18.7. The number of hydrogen-bond donors (Lipinski definition) is 2. The van der Waals surface area contributed by atoms with Crippen LogP contribution in [-0.4, -0.2) is 23.1 Å². The van der Waals surface area contributed by atoms with Crippen molar-refractivity contribution in [2.75, 3.05) is 12.4 Å². The van der Waals surface area contributed by atoms with Crippen molar-refractivity contribution in [3.05, 3.63) is 64.3 Å². The number of amides is 1. The molecule has 0 radical (unpaired) electrons. The molecule has 2 N–H and O–H groups in total. The smallest absolute Gasteiger partial charge is 0.261 e. The Morgan fingerprint density at radius 3 is 2.50 bits per heavy atom. The van der Waals surface area contributed by atoms with Gasteiger partial charge in [-0.05, 0) is 70.1 Å². The third-order valence-electron chi connectivity index (χ3n) is 3.80. The predicted molar refractivity (Wildman–Crippen MR) is 111 cm³/mol. The zero-order valence-electron chi connectivity index (χ0n) is 14.2. The number of aromatic nitrogens is 1. The molecule has 132 valence electrons. The summed E-state index contributed by atoms with van der Waals surface area (Å²) in [5.74, 6) is 0.696. The molecule has 0 atom stereocenters. The Balaban J connectivity index is 1.79. The van der Waals surface area contributed by atoms with Crippen molar-refractivity contribution in [1.82, 2.24) is 10.3 Å². The molecular weight excluding hydrogens is 414 g/mol. The molecule has 3 rings (SSSR count). The normalized spacial score (nSPS) is 10.4. The number of ether oxygens (including phenoxy) is 1. The number of nitrogens with zero attached hydrogens (tertiary/aromatic N) is 1. The second-order valence-corrected chi connectivity index (χ2v) is 6.83. The van der Waals surface area contributed by atoms with Crippen molar-refractivity contribution in [2.45, 2.75) is 6.92 Å². The van der Waals surface area contributed by atoms with Crippen molar-refractivity contribution in [2.24, 2.45) is 0 Å². The van der Waals surface area contributed by atoms with Crippen molar-refractivity contribution < 1.29 is 9.53 Å². The maximum Gasteiger partial charge on any atom is 0.261 e. The highest BCUT2D eigenvalue weighted by atomic mass is 79.9. The second kappa shape index (κ2) is 7.80. The molecule has 2 aromatic carbocycles. The van der Waals surface area contributed by atoms with Gasteiger partial charge in [0, 0.05) is 4.47 Å². The number of fused-ring (bicyclic) bond motifs is 1. The van der Waals surface area contributed by atoms with Gasteiger partial charge in [-0.25, -0.2) is 4.98 Å². The summed E-state index contributed by atoms with van der Waals surface area (Å²) in [7, 11) is 1.53. The molecule has 1 aromatic heterocycles. The number of pyridine rings is 1. The van der Waals surface area contributed by atoms with Gasteiger partial charge in [0.25, 0.3) is 5.91 Å². The van der Waals surface area contributed by atoms with E-state index in [9.17, 15) is 4.79 Å². The molecule has 0 saturated heterocycles. The third-order valence-corrected chi connectivity index (χ3v) is 4.84. The minimum atomic E-state index is -0.348. The van der Waals surface area contributed by atoms with Crippen molar-refractivity contribution in [3.8, 4) is 5.75 Å². The van der Waals surface area contributed by atoms with E-state index in [1.165, 1.54) is 7.11 Å². The molecule has 7 heteroatoms. The molecule has 0 bridgehead atoms. The maximum absolute atomic E-state index is 12.6. The number of benzene rings is 2. The van der Waals surface area contributed by atoms with E-state index in [0.717, 1.165) is 20.9 Å². The van der Waals surface area contributed by atoms with E-state index in [-0.39, 0.29) is 11.0 Å². The van der Waals surface area contributed by atoms with Crippen LogP contribution >= 0.6 is 28.1 Å². The molecule has 3 aromatic rings. The average molecular weight is 430 g/mol. The standard InChI is InChI=1S/C19H16BrN3O2S/c1-11-15(20)7-8-17(21-11)22-19(26)23-18(24)14-9-12-5-3-4-6-13(12)10-16(14)25-2/h3-10H,1-2H3,(H2,21,22,23,24,26). The molecule has 0 aliphatic carbocycles. The van der Waals surface area contributed by atoms with Gasteiger partial charge in [0.05, 0.1) is 18.4 Å². The number of methoxy groups -OCH3 is 1. The molecule has 0 fully saturated rings. The van der Waals surface area contributed by atoms with Crippen LogP contribution in [0.3, 0.4) is 0 Å². The van der Waals surface area contributed by atoms with Crippen molar-refractivity contribution in [3.63, 3.8) is 0 Å². The molecule has 1 amide bonds. The maximum atomic E-state index is 12.6. The number of aryl methyl sites for hydroxylation is 1. The summed E-state index contributed by atoms with van der Waals surface area (Å²) in [6, 6.07) is 15.0. The van der Waals surface area contributed by atoms with Crippen LogP contribution in [0, 0.1) is 6.92 Å². The summed E-state index contributed by atoms with van der Waals surface area (Å²) in [6.07, 6.45) is 0. The summed E-state index contributed by atoms with van der Waals surface area (Å²) in [5.41, 5.74) is 1.23. The lowest BCUT2D eigenvalue weighted by atomic mass is 10.1. The fourth-order valence-electron chi connectivity index (χ4n) is 2.50. The molecule has 26 heavy (non-hydrogen) atoms. The Labute approximate surface area is 164 Å². The summed E-state index contributed by atoms with van der Waals surface area (Å²) in [6.45, 7) is 1.87. The van der Waals surface area contributed by atoms with Crippen LogP contribution in [0.2, 0.25) is 0 Å². The van der Waals surface area contributed by atoms with Crippen molar-refractivity contribution >= 4 is 55.8 Å². The Hall–Kier alpha value is -2.51. The van der Waals surface area contributed by atoms with Gasteiger partial charge in [-0.15, -0.1) is 0 Å². The van der Waals surface area contributed by atoms with E-state index in [2.05, 4.69) is 31.5 Å². The Bertz CT molecular complexity index is 1010. The molecule has 0 aliphatic rings. The second-order valence-electron chi connectivity index (χ2n) is 5.57. The van der Waals surface area contributed by atoms with E-state index < -0.39 is 0 Å². The summed E-state index contributed by atoms with van der Waals surface area (Å²) < 4.78 is 6.26. The van der Waals surface area contributed by atoms with Crippen LogP contribution in [0.25, 0.3) is 10.8 Å². The highest BCUT2D eigenvalue weighted by Gasteiger charge is 2.15. The highest BCUT2D eigenvalue weighted by Crippen LogP contribution is 2.26. The summed E-state index contributed by atoms with van der Waals surface area (Å²) in [5, 5.41) is 7.69. The van der Waals surface area contributed by atoms with Gasteiger partial charge in [-0.2, -0.15) is 0 Å². The van der Waals surface area contributed by atoms with E-state index >= 15 is 0 Å². The first-order valence-electron chi connectivity index (χ1n) is 7.80. The molecule has 0 unspecified atom stereocenters. The zero-order valence-corrected chi connectivity index (χ0v) is 16.6. The van der Waals surface area contributed by atoms with Gasteiger partial charge in [-0.3, -0.25) is 10.1 Å². The first-order chi connectivity index (χ1) is 12.5. The van der Waals surface area contributed by atoms with Gasteiger partial charge in [0.15, 0.2) is 5.11 Å². The molecule has 5 nitrogen and oxygen atoms in total. The molecule has 0 saturated carbocycles. The SMILES string of the molecule is COc1cc2ccccc2cc1C(=O)NC(=S)Nc1ccc(Br)c(C)n1. The van der Waals surface area contributed by atoms with Gasteiger partial charge in [0.2, 0.25) is 0 Å². The largest absolute Gasteiger partial charge is 0.496 e. The van der Waals surface area contributed by atoms with Gasteiger partial charge in [-0.1, -0.05) is 24.3 Å². The van der Waals surface area contributed by atoms with Crippen LogP contribution in [0.15, 0.2) is 53.0 Å². The van der Waals surface area contributed by atoms with Gasteiger partial charge < -0.3 is 10.1 Å². The van der Waals surface area contributed by atoms with E-state index in [0.29, 0.717) is 17.1 Å². The number of carbonyl (C=O) groups is 1. The first-order valence-corrected chi connectivity index (χ1v) is 9.00. The van der Waals surface area contributed by atoms with Crippen LogP contribution in [0.5, 0.6) is 5.75 Å². The number of thiocarbonyl (C=S) groups is 1. The monoisotopic (exact) mass is 429 g/mol. The lowest BCUT2D eigenvalue weighted by Crippen LogP contribution is -2.34. The van der Waals surface area contributed by atoms with E-state index in [4.69, 9.17) is 17.0 Å². The molecule has 0 aliphatic heterocycles. The van der Waals surface area contributed by atoms with Gasteiger partial charge >= 0.3 is 0 Å². The Morgan fingerprint density at radius 1 is 1.15 bits per heavy atom.